The summed E-state index contributed by atoms with van der Waals surface area (Å²) < 4.78 is 5.69. The molecule has 1 aromatic carbocycles. The summed E-state index contributed by atoms with van der Waals surface area (Å²) in [7, 11) is 0. The first-order chi connectivity index (χ1) is 9.63. The number of rotatable bonds is 2. The molecule has 0 spiro atoms. The summed E-state index contributed by atoms with van der Waals surface area (Å²) in [5.74, 6) is 1.37. The van der Waals surface area contributed by atoms with Gasteiger partial charge in [-0.1, -0.05) is 17.7 Å². The maximum Gasteiger partial charge on any atom is 0.247 e. The molecule has 0 radical (unpaired) electrons. The van der Waals surface area contributed by atoms with Gasteiger partial charge in [-0.3, -0.25) is 4.98 Å². The molecule has 0 unspecified atom stereocenters. The second-order valence-corrected chi connectivity index (χ2v) is 4.60. The average molecular weight is 287 g/mol. The number of nitrogen functional groups attached to an aromatic ring is 1. The van der Waals surface area contributed by atoms with E-state index in [2.05, 4.69) is 15.0 Å². The number of halogens is 1. The van der Waals surface area contributed by atoms with Crippen molar-refractivity contribution in [2.45, 2.75) is 6.92 Å². The van der Waals surface area contributed by atoms with Gasteiger partial charge in [0.15, 0.2) is 5.15 Å². The Morgan fingerprint density at radius 1 is 1.20 bits per heavy atom. The number of nitrogens with zero attached hydrogens (tertiary/aromatic N) is 3. The lowest BCUT2D eigenvalue weighted by Gasteiger charge is -2.09. The van der Waals surface area contributed by atoms with E-state index in [9.17, 15) is 0 Å². The maximum absolute atomic E-state index is 5.91. The van der Waals surface area contributed by atoms with Gasteiger partial charge >= 0.3 is 0 Å². The first-order valence-corrected chi connectivity index (χ1v) is 6.33. The van der Waals surface area contributed by atoms with Gasteiger partial charge in [0.2, 0.25) is 5.88 Å². The van der Waals surface area contributed by atoms with Gasteiger partial charge in [0, 0.05) is 11.6 Å². The Kier molecular flexibility index (Phi) is 3.12. The molecule has 0 bridgehead atoms. The van der Waals surface area contributed by atoms with Crippen molar-refractivity contribution in [1.82, 2.24) is 15.0 Å². The van der Waals surface area contributed by atoms with Crippen LogP contribution in [0.2, 0.25) is 5.15 Å². The van der Waals surface area contributed by atoms with Crippen LogP contribution in [0.15, 0.2) is 36.5 Å². The van der Waals surface area contributed by atoms with Crippen LogP contribution in [0, 0.1) is 6.92 Å². The third-order valence-corrected chi connectivity index (χ3v) is 3.05. The quantitative estimate of drug-likeness (QED) is 0.731. The van der Waals surface area contributed by atoms with Gasteiger partial charge in [-0.25, -0.2) is 4.98 Å². The predicted molar refractivity (Wildman–Crippen MR) is 78.0 cm³/mol. The van der Waals surface area contributed by atoms with Crippen molar-refractivity contribution in [2.24, 2.45) is 0 Å². The Balaban J connectivity index is 2.01. The molecule has 20 heavy (non-hydrogen) atoms. The van der Waals surface area contributed by atoms with Crippen molar-refractivity contribution >= 4 is 28.2 Å². The van der Waals surface area contributed by atoms with Gasteiger partial charge in [-0.2, -0.15) is 4.98 Å². The standard InChI is InChI=1S/C14H11ClN4O/c1-8-18-13(15)12(16)14(19-8)20-10-4-5-11-9(7-10)3-2-6-17-11/h2-7H,16H2,1H3. The van der Waals surface area contributed by atoms with Gasteiger partial charge < -0.3 is 10.5 Å². The fraction of sp³-hybridized carbons (Fsp3) is 0.0714. The molecule has 2 N–H and O–H groups in total. The summed E-state index contributed by atoms with van der Waals surface area (Å²) in [6, 6.07) is 9.37. The van der Waals surface area contributed by atoms with E-state index in [1.165, 1.54) is 0 Å². The first-order valence-electron chi connectivity index (χ1n) is 5.96. The largest absolute Gasteiger partial charge is 0.437 e. The molecule has 2 heterocycles. The fourth-order valence-electron chi connectivity index (χ4n) is 1.83. The van der Waals surface area contributed by atoms with E-state index in [4.69, 9.17) is 22.1 Å². The van der Waals surface area contributed by atoms with Crippen LogP contribution in [-0.2, 0) is 0 Å². The van der Waals surface area contributed by atoms with Crippen molar-refractivity contribution in [2.75, 3.05) is 5.73 Å². The van der Waals surface area contributed by atoms with Crippen molar-refractivity contribution in [1.29, 1.82) is 0 Å². The van der Waals surface area contributed by atoms with E-state index in [0.29, 0.717) is 11.6 Å². The molecule has 0 saturated heterocycles. The summed E-state index contributed by atoms with van der Waals surface area (Å²) in [6.07, 6.45) is 1.74. The van der Waals surface area contributed by atoms with Gasteiger partial charge in [-0.05, 0) is 31.2 Å². The number of hydrogen-bond donors (Lipinski definition) is 1. The minimum atomic E-state index is 0.190. The van der Waals surface area contributed by atoms with Crippen LogP contribution in [-0.4, -0.2) is 15.0 Å². The highest BCUT2D eigenvalue weighted by molar-refractivity contribution is 6.32. The van der Waals surface area contributed by atoms with Crippen LogP contribution in [0.5, 0.6) is 11.6 Å². The van der Waals surface area contributed by atoms with E-state index < -0.39 is 0 Å². The maximum atomic E-state index is 5.91. The van der Waals surface area contributed by atoms with Crippen LogP contribution in [0.25, 0.3) is 10.9 Å². The highest BCUT2D eigenvalue weighted by Crippen LogP contribution is 2.30. The molecule has 0 aliphatic rings. The second-order valence-electron chi connectivity index (χ2n) is 4.24. The van der Waals surface area contributed by atoms with E-state index in [-0.39, 0.29) is 16.7 Å². The molecular weight excluding hydrogens is 276 g/mol. The summed E-state index contributed by atoms with van der Waals surface area (Å²) in [5.41, 5.74) is 6.94. The Morgan fingerprint density at radius 3 is 2.90 bits per heavy atom. The number of fused-ring (bicyclic) bond motifs is 1. The van der Waals surface area contributed by atoms with Crippen molar-refractivity contribution in [3.05, 3.63) is 47.5 Å². The Labute approximate surface area is 120 Å². The molecule has 2 aromatic heterocycles. The lowest BCUT2D eigenvalue weighted by molar-refractivity contribution is 0.463. The molecule has 3 aromatic rings. The number of ether oxygens (including phenoxy) is 1. The highest BCUT2D eigenvalue weighted by Gasteiger charge is 2.11. The van der Waals surface area contributed by atoms with Crippen LogP contribution >= 0.6 is 11.6 Å². The van der Waals surface area contributed by atoms with Gasteiger partial charge in [0.1, 0.15) is 17.3 Å². The second kappa shape index (κ2) is 4.94. The third-order valence-electron chi connectivity index (χ3n) is 2.76. The van der Waals surface area contributed by atoms with Crippen molar-refractivity contribution in [3.63, 3.8) is 0 Å². The van der Waals surface area contributed by atoms with Crippen LogP contribution in [0.3, 0.4) is 0 Å². The molecule has 6 heteroatoms. The lowest BCUT2D eigenvalue weighted by Crippen LogP contribution is -2.00. The monoisotopic (exact) mass is 286 g/mol. The minimum Gasteiger partial charge on any atom is -0.437 e. The van der Waals surface area contributed by atoms with E-state index in [0.717, 1.165) is 10.9 Å². The molecule has 100 valence electrons. The Bertz CT molecular complexity index is 791. The summed E-state index contributed by atoms with van der Waals surface area (Å²) in [6.45, 7) is 1.72. The SMILES string of the molecule is Cc1nc(Cl)c(N)c(Oc2ccc3ncccc3c2)n1. The molecule has 0 aliphatic carbocycles. The molecule has 3 rings (SSSR count). The van der Waals surface area contributed by atoms with Crippen molar-refractivity contribution in [3.8, 4) is 11.6 Å². The van der Waals surface area contributed by atoms with E-state index in [1.807, 2.05) is 24.3 Å². The number of aromatic nitrogens is 3. The molecule has 0 amide bonds. The molecule has 0 saturated carbocycles. The minimum absolute atomic E-state index is 0.190. The van der Waals surface area contributed by atoms with Gasteiger partial charge in [0.25, 0.3) is 0 Å². The molecular formula is C14H11ClN4O. The topological polar surface area (TPSA) is 73.9 Å². The van der Waals surface area contributed by atoms with Gasteiger partial charge in [-0.15, -0.1) is 0 Å². The summed E-state index contributed by atoms with van der Waals surface area (Å²) >= 11 is 5.91. The number of hydrogen-bond acceptors (Lipinski definition) is 5. The highest BCUT2D eigenvalue weighted by atomic mass is 35.5. The number of pyridine rings is 1. The van der Waals surface area contributed by atoms with Crippen LogP contribution in [0.4, 0.5) is 5.69 Å². The molecule has 0 aliphatic heterocycles. The zero-order chi connectivity index (χ0) is 14.1. The first kappa shape index (κ1) is 12.6. The number of anilines is 1. The summed E-state index contributed by atoms with van der Waals surface area (Å²) in [4.78, 5) is 12.4. The average Bonchev–Trinajstić information content (AvgIpc) is 2.44. The number of aryl methyl sites for hydroxylation is 1. The smallest absolute Gasteiger partial charge is 0.247 e. The summed E-state index contributed by atoms with van der Waals surface area (Å²) in [5, 5.41) is 1.16. The number of nitrogens with two attached hydrogens (primary N) is 1. The van der Waals surface area contributed by atoms with Gasteiger partial charge in [0.05, 0.1) is 5.52 Å². The number of benzene rings is 1. The van der Waals surface area contributed by atoms with E-state index >= 15 is 0 Å². The lowest BCUT2D eigenvalue weighted by atomic mass is 10.2. The predicted octanol–water partition coefficient (Wildman–Crippen LogP) is 3.36. The molecule has 0 atom stereocenters. The Hall–Kier alpha value is -2.40. The zero-order valence-corrected chi connectivity index (χ0v) is 11.4. The molecule has 0 fully saturated rings. The normalized spacial score (nSPS) is 10.7. The van der Waals surface area contributed by atoms with E-state index in [1.54, 1.807) is 19.2 Å². The zero-order valence-electron chi connectivity index (χ0n) is 10.7. The van der Waals surface area contributed by atoms with Crippen LogP contribution < -0.4 is 10.5 Å². The molecule has 5 nitrogen and oxygen atoms in total. The fourth-order valence-corrected chi connectivity index (χ4v) is 2.03. The third kappa shape index (κ3) is 2.35. The van der Waals surface area contributed by atoms with Crippen LogP contribution in [0.1, 0.15) is 5.82 Å². The van der Waals surface area contributed by atoms with Crippen molar-refractivity contribution < 1.29 is 4.74 Å². The Morgan fingerprint density at radius 2 is 2.05 bits per heavy atom.